The Morgan fingerprint density at radius 1 is 0.803 bits per heavy atom. The number of amides is 1. The number of ether oxygens (including phenoxy) is 10. The van der Waals surface area contributed by atoms with Gasteiger partial charge in [0.25, 0.3) is 0 Å². The SMILES string of the molecule is O=CNCCOCCOCCOCCOCc1cn(CCOCCOCCOCCOCCC(=O)Oc2c(F)cc(F)cc2F)nn1.OP(O)CP(O)OCC1CCC(n2ncc3c(N4CCCCC4)nc(Cl)nc32)O1. The van der Waals surface area contributed by atoms with Crippen molar-refractivity contribution < 1.29 is 89.3 Å². The fourth-order valence-electron chi connectivity index (χ4n) is 7.16. The predicted octanol–water partition coefficient (Wildman–Crippen LogP) is 3.79. The Kier molecular flexibility index (Phi) is 30.7. The van der Waals surface area contributed by atoms with Crippen LogP contribution in [0.4, 0.5) is 19.0 Å². The number of halogens is 4. The number of fused-ring (bicyclic) bond motifs is 1. The Balaban J connectivity index is 0.000000311. The first kappa shape index (κ1) is 62.9. The lowest BCUT2D eigenvalue weighted by Gasteiger charge is -2.28. The third-order valence-corrected chi connectivity index (χ3v) is 13.3. The first-order chi connectivity index (χ1) is 37.0. The number of hydrogen-bond donors (Lipinski definition) is 4. The van der Waals surface area contributed by atoms with Crippen molar-refractivity contribution >= 4 is 57.6 Å². The fraction of sp³-hybridized carbons (Fsp3) is 0.667. The van der Waals surface area contributed by atoms with Gasteiger partial charge in [-0.25, -0.2) is 22.5 Å². The van der Waals surface area contributed by atoms with E-state index < -0.39 is 45.9 Å². The quantitative estimate of drug-likeness (QED) is 0.0124. The van der Waals surface area contributed by atoms with E-state index in [1.165, 1.54) is 6.42 Å². The van der Waals surface area contributed by atoms with E-state index in [1.807, 2.05) is 0 Å². The molecule has 6 rings (SSSR count). The summed E-state index contributed by atoms with van der Waals surface area (Å²) < 4.78 is 102. The first-order valence-electron chi connectivity index (χ1n) is 24.6. The second-order valence-corrected chi connectivity index (χ2v) is 19.6. The van der Waals surface area contributed by atoms with Gasteiger partial charge in [0.15, 0.2) is 40.3 Å². The number of esters is 1. The molecule has 25 nitrogen and oxygen atoms in total. The summed E-state index contributed by atoms with van der Waals surface area (Å²) in [5, 5.41) is 16.2. The molecule has 2 aliphatic heterocycles. The van der Waals surface area contributed by atoms with Crippen LogP contribution in [0, 0.1) is 17.5 Å². The normalized spacial score (nSPS) is 16.1. The molecule has 0 aliphatic carbocycles. The zero-order valence-electron chi connectivity index (χ0n) is 42.0. The molecule has 426 valence electrons. The number of aromatic nitrogens is 7. The summed E-state index contributed by atoms with van der Waals surface area (Å²) in [6, 6.07) is 0.845. The van der Waals surface area contributed by atoms with Gasteiger partial charge in [0.05, 0.1) is 155 Å². The van der Waals surface area contributed by atoms with E-state index >= 15 is 0 Å². The molecule has 4 aromatic rings. The number of carbonyl (C=O) groups is 2. The van der Waals surface area contributed by atoms with Gasteiger partial charge in [-0.1, -0.05) is 5.21 Å². The fourth-order valence-corrected chi connectivity index (χ4v) is 8.85. The number of nitrogens with zero attached hydrogens (tertiary/aromatic N) is 8. The highest BCUT2D eigenvalue weighted by Gasteiger charge is 2.31. The number of anilines is 1. The van der Waals surface area contributed by atoms with Crippen molar-refractivity contribution in [1.29, 1.82) is 0 Å². The summed E-state index contributed by atoms with van der Waals surface area (Å²) in [4.78, 5) is 60.4. The van der Waals surface area contributed by atoms with Crippen LogP contribution in [-0.2, 0) is 69.9 Å². The number of piperidine rings is 1. The molecular weight excluding hydrogens is 1080 g/mol. The van der Waals surface area contributed by atoms with Gasteiger partial charge < -0.3 is 76.8 Å². The summed E-state index contributed by atoms with van der Waals surface area (Å²) in [6.45, 7) is 8.81. The van der Waals surface area contributed by atoms with Gasteiger partial charge in [0.2, 0.25) is 17.4 Å². The Hall–Kier alpha value is -3.93. The van der Waals surface area contributed by atoms with Crippen LogP contribution in [0.5, 0.6) is 5.75 Å². The van der Waals surface area contributed by atoms with Crippen LogP contribution in [0.15, 0.2) is 24.5 Å². The van der Waals surface area contributed by atoms with E-state index in [2.05, 4.69) is 40.3 Å². The molecule has 4 N–H and O–H groups in total. The standard InChI is InChI=1S/C29H43F3N4O11.C16H24ClN5O5P2/c30-24-19-26(31)29(27(32)20-24)47-28(38)1-4-39-7-10-42-13-14-44-12-9-41-6-3-36-21-25(34-35-36)22-46-18-17-45-16-15-43-11-8-40-5-2-33-23-37;17-16-19-14(21-6-2-1-3-7-21)12-8-18-22(15(12)20-16)13-5-4-11(27-13)9-26-29(25)10-28(23)24/h19-21,23H,1-18,22H2,(H,33,37);8,11,13,23-25H,1-7,9-10H2. The molecule has 0 radical (unpaired) electrons. The van der Waals surface area contributed by atoms with Crippen molar-refractivity contribution in [1.82, 2.24) is 40.1 Å². The van der Waals surface area contributed by atoms with E-state index in [-0.39, 0.29) is 56.4 Å². The molecule has 1 amide bonds. The van der Waals surface area contributed by atoms with E-state index in [4.69, 9.17) is 68.5 Å². The maximum atomic E-state index is 13.5. The molecule has 2 aliphatic rings. The molecule has 2 fully saturated rings. The van der Waals surface area contributed by atoms with Crippen LogP contribution in [0.1, 0.15) is 50.4 Å². The summed E-state index contributed by atoms with van der Waals surface area (Å²) in [7, 11) is -4.02. The van der Waals surface area contributed by atoms with Crippen LogP contribution in [0.3, 0.4) is 0 Å². The molecule has 2 saturated heterocycles. The van der Waals surface area contributed by atoms with Gasteiger partial charge in [-0.15, -0.1) is 5.10 Å². The monoisotopic (exact) mass is 1140 g/mol. The summed E-state index contributed by atoms with van der Waals surface area (Å²) in [5.41, 5.74) is 1.34. The Morgan fingerprint density at radius 2 is 1.41 bits per heavy atom. The van der Waals surface area contributed by atoms with E-state index in [0.717, 1.165) is 50.0 Å². The topological polar surface area (TPSA) is 286 Å². The van der Waals surface area contributed by atoms with Crippen molar-refractivity contribution in [3.05, 3.63) is 53.0 Å². The van der Waals surface area contributed by atoms with Gasteiger partial charge in [-0.2, -0.15) is 15.1 Å². The lowest BCUT2D eigenvalue weighted by atomic mass is 10.1. The molecule has 5 heterocycles. The number of carbonyl (C=O) groups excluding carboxylic acids is 2. The second kappa shape index (κ2) is 37.0. The predicted molar refractivity (Wildman–Crippen MR) is 267 cm³/mol. The number of rotatable bonds is 38. The maximum Gasteiger partial charge on any atom is 0.313 e. The molecule has 3 atom stereocenters. The van der Waals surface area contributed by atoms with Gasteiger partial charge in [0.1, 0.15) is 17.3 Å². The summed E-state index contributed by atoms with van der Waals surface area (Å²) in [6.07, 6.45) is 8.37. The molecule has 76 heavy (non-hydrogen) atoms. The molecule has 1 aromatic carbocycles. The Labute approximate surface area is 444 Å². The molecule has 3 unspecified atom stereocenters. The van der Waals surface area contributed by atoms with Crippen LogP contribution in [0.25, 0.3) is 11.0 Å². The number of hydrogen-bond acceptors (Lipinski definition) is 22. The van der Waals surface area contributed by atoms with Gasteiger partial charge >= 0.3 is 5.97 Å². The highest BCUT2D eigenvalue weighted by Crippen LogP contribution is 2.44. The molecule has 31 heteroatoms. The average molecular weight is 1140 g/mol. The number of benzene rings is 1. The smallest absolute Gasteiger partial charge is 0.313 e. The average Bonchev–Trinajstić information content (AvgIpc) is 4.19. The molecular formula is C45H67ClF3N9O16P2. The van der Waals surface area contributed by atoms with Crippen molar-refractivity contribution in [2.24, 2.45) is 0 Å². The van der Waals surface area contributed by atoms with Crippen molar-refractivity contribution in [3.63, 3.8) is 0 Å². The first-order valence-corrected chi connectivity index (χ1v) is 27.8. The van der Waals surface area contributed by atoms with E-state index in [0.29, 0.717) is 129 Å². The largest absolute Gasteiger partial charge is 0.420 e. The zero-order valence-corrected chi connectivity index (χ0v) is 44.5. The van der Waals surface area contributed by atoms with Crippen LogP contribution >= 0.6 is 28.4 Å². The minimum absolute atomic E-state index is 0.0414. The molecule has 0 spiro atoms. The van der Waals surface area contributed by atoms with Crippen LogP contribution in [0.2, 0.25) is 5.28 Å². The van der Waals surface area contributed by atoms with Gasteiger partial charge in [-0.3, -0.25) is 9.59 Å². The van der Waals surface area contributed by atoms with E-state index in [9.17, 15) is 27.7 Å². The third kappa shape index (κ3) is 24.4. The van der Waals surface area contributed by atoms with Crippen molar-refractivity contribution in [3.8, 4) is 5.75 Å². The molecule has 0 bridgehead atoms. The lowest BCUT2D eigenvalue weighted by molar-refractivity contribution is -0.136. The van der Waals surface area contributed by atoms with Crippen LogP contribution < -0.4 is 15.0 Å². The minimum Gasteiger partial charge on any atom is -0.420 e. The van der Waals surface area contributed by atoms with E-state index in [1.54, 1.807) is 21.8 Å². The maximum absolute atomic E-state index is 13.5. The van der Waals surface area contributed by atoms with Crippen molar-refractivity contribution in [2.75, 3.05) is 136 Å². The third-order valence-electron chi connectivity index (χ3n) is 10.7. The minimum atomic E-state index is -2.17. The van der Waals surface area contributed by atoms with Gasteiger partial charge in [0, 0.05) is 31.8 Å². The zero-order chi connectivity index (χ0) is 54.2. The van der Waals surface area contributed by atoms with Crippen LogP contribution in [-0.4, -0.2) is 199 Å². The summed E-state index contributed by atoms with van der Waals surface area (Å²) in [5.74, 6) is -4.90. The lowest BCUT2D eigenvalue weighted by Crippen LogP contribution is -2.30. The van der Waals surface area contributed by atoms with Gasteiger partial charge in [-0.05, 0) is 43.7 Å². The summed E-state index contributed by atoms with van der Waals surface area (Å²) >= 11 is 6.22. The van der Waals surface area contributed by atoms with Crippen molar-refractivity contribution in [2.45, 2.75) is 64.0 Å². The highest BCUT2D eigenvalue weighted by molar-refractivity contribution is 7.63. The highest BCUT2D eigenvalue weighted by atomic mass is 35.5. The Bertz CT molecular complexity index is 2240. The molecule has 3 aromatic heterocycles. The molecule has 0 saturated carbocycles. The Morgan fingerprint density at radius 3 is 2.04 bits per heavy atom. The number of nitrogens with one attached hydrogen (secondary N) is 1. The second-order valence-electron chi connectivity index (χ2n) is 16.4.